The molecule has 2 rings (SSSR count). The Morgan fingerprint density at radius 3 is 2.74 bits per heavy atom. The van der Waals surface area contributed by atoms with Crippen LogP contribution in [-0.4, -0.2) is 66.7 Å². The van der Waals surface area contributed by atoms with E-state index >= 15 is 0 Å². The summed E-state index contributed by atoms with van der Waals surface area (Å²) in [6.45, 7) is 7.12. The Labute approximate surface area is 135 Å². The maximum atomic E-state index is 12.2. The Hall–Kier alpha value is -2.19. The normalized spacial score (nSPS) is 15.4. The molecule has 1 fully saturated rings. The lowest BCUT2D eigenvalue weighted by molar-refractivity contribution is -0.384. The Morgan fingerprint density at radius 1 is 1.35 bits per heavy atom. The first-order valence-electron chi connectivity index (χ1n) is 7.70. The van der Waals surface area contributed by atoms with Gasteiger partial charge < -0.3 is 15.0 Å². The molecular formula is C15H22N4O4. The van der Waals surface area contributed by atoms with E-state index in [-0.39, 0.29) is 11.7 Å². The summed E-state index contributed by atoms with van der Waals surface area (Å²) in [5, 5.41) is 13.5. The fourth-order valence-corrected chi connectivity index (χ4v) is 2.41. The number of non-ortho nitro benzene ring substituents is 1. The smallest absolute Gasteiger partial charge is 0.321 e. The molecule has 1 heterocycles. The minimum Gasteiger partial charge on any atom is -0.380 e. The molecule has 0 bridgehead atoms. The van der Waals surface area contributed by atoms with E-state index in [4.69, 9.17) is 4.74 Å². The molecule has 0 aliphatic carbocycles. The molecule has 0 radical (unpaired) electrons. The van der Waals surface area contributed by atoms with Crippen molar-refractivity contribution in [1.29, 1.82) is 0 Å². The summed E-state index contributed by atoms with van der Waals surface area (Å²) < 4.78 is 5.33. The van der Waals surface area contributed by atoms with Gasteiger partial charge in [-0.05, 0) is 13.0 Å². The van der Waals surface area contributed by atoms with Crippen LogP contribution >= 0.6 is 0 Å². The molecule has 0 aromatic heterocycles. The molecule has 1 aliphatic heterocycles. The van der Waals surface area contributed by atoms with Gasteiger partial charge in [-0.3, -0.25) is 15.0 Å². The molecule has 1 aliphatic rings. The van der Waals surface area contributed by atoms with Crippen molar-refractivity contribution in [2.75, 3.05) is 51.3 Å². The summed E-state index contributed by atoms with van der Waals surface area (Å²) in [7, 11) is 0. The van der Waals surface area contributed by atoms with Crippen LogP contribution in [0.5, 0.6) is 0 Å². The fraction of sp³-hybridized carbons (Fsp3) is 0.533. The number of urea groups is 1. The van der Waals surface area contributed by atoms with Crippen LogP contribution in [0.25, 0.3) is 0 Å². The predicted octanol–water partition coefficient (Wildman–Crippen LogP) is 1.78. The van der Waals surface area contributed by atoms with Crippen molar-refractivity contribution in [3.8, 4) is 0 Å². The highest BCUT2D eigenvalue weighted by Crippen LogP contribution is 2.17. The number of hydrogen-bond acceptors (Lipinski definition) is 5. The molecule has 1 saturated heterocycles. The third-order valence-corrected chi connectivity index (χ3v) is 3.72. The van der Waals surface area contributed by atoms with E-state index in [0.717, 1.165) is 19.6 Å². The van der Waals surface area contributed by atoms with Crippen LogP contribution in [0.4, 0.5) is 16.2 Å². The van der Waals surface area contributed by atoms with Crippen LogP contribution < -0.4 is 5.32 Å². The summed E-state index contributed by atoms with van der Waals surface area (Å²) in [6, 6.07) is 5.72. The van der Waals surface area contributed by atoms with Gasteiger partial charge in [0.2, 0.25) is 0 Å². The maximum absolute atomic E-state index is 12.2. The zero-order valence-electron chi connectivity index (χ0n) is 13.2. The SMILES string of the molecule is CCOCCN1CCN(C(=O)Nc2cccc([N+](=O)[O-])c2)CC1. The topological polar surface area (TPSA) is 88.0 Å². The van der Waals surface area contributed by atoms with Crippen molar-refractivity contribution < 1.29 is 14.5 Å². The molecule has 1 N–H and O–H groups in total. The minimum atomic E-state index is -0.479. The molecule has 8 nitrogen and oxygen atoms in total. The lowest BCUT2D eigenvalue weighted by Crippen LogP contribution is -2.50. The molecule has 0 atom stereocenters. The highest BCUT2D eigenvalue weighted by molar-refractivity contribution is 5.89. The number of amides is 2. The molecule has 126 valence electrons. The zero-order chi connectivity index (χ0) is 16.7. The summed E-state index contributed by atoms with van der Waals surface area (Å²) >= 11 is 0. The van der Waals surface area contributed by atoms with Gasteiger partial charge in [0, 0.05) is 57.2 Å². The second kappa shape index (κ2) is 8.44. The monoisotopic (exact) mass is 322 g/mol. The van der Waals surface area contributed by atoms with Gasteiger partial charge >= 0.3 is 6.03 Å². The summed E-state index contributed by atoms with van der Waals surface area (Å²) in [6.07, 6.45) is 0. The Kier molecular flexibility index (Phi) is 6.30. The Morgan fingerprint density at radius 2 is 2.09 bits per heavy atom. The summed E-state index contributed by atoms with van der Waals surface area (Å²) in [5.74, 6) is 0. The molecule has 2 amide bonds. The van der Waals surface area contributed by atoms with Gasteiger partial charge in [0.1, 0.15) is 0 Å². The van der Waals surface area contributed by atoms with Crippen LogP contribution in [0.15, 0.2) is 24.3 Å². The molecule has 0 saturated carbocycles. The number of hydrogen-bond donors (Lipinski definition) is 1. The Bertz CT molecular complexity index is 544. The van der Waals surface area contributed by atoms with Crippen LogP contribution in [0.1, 0.15) is 6.92 Å². The van der Waals surface area contributed by atoms with E-state index in [1.54, 1.807) is 17.0 Å². The number of nitrogens with one attached hydrogen (secondary N) is 1. The van der Waals surface area contributed by atoms with Gasteiger partial charge in [0.05, 0.1) is 11.5 Å². The number of carbonyl (C=O) groups excluding carboxylic acids is 1. The van der Waals surface area contributed by atoms with E-state index in [0.29, 0.717) is 32.0 Å². The maximum Gasteiger partial charge on any atom is 0.321 e. The third kappa shape index (κ3) is 5.19. The number of rotatable bonds is 6. The number of ether oxygens (including phenoxy) is 1. The Balaban J connectivity index is 1.81. The van der Waals surface area contributed by atoms with E-state index in [2.05, 4.69) is 10.2 Å². The van der Waals surface area contributed by atoms with Crippen LogP contribution in [0.2, 0.25) is 0 Å². The van der Waals surface area contributed by atoms with Gasteiger partial charge in [-0.15, -0.1) is 0 Å². The number of anilines is 1. The van der Waals surface area contributed by atoms with E-state index in [9.17, 15) is 14.9 Å². The van der Waals surface area contributed by atoms with E-state index in [1.165, 1.54) is 12.1 Å². The third-order valence-electron chi connectivity index (χ3n) is 3.72. The quantitative estimate of drug-likeness (QED) is 0.490. The van der Waals surface area contributed by atoms with Crippen molar-refractivity contribution in [3.05, 3.63) is 34.4 Å². The van der Waals surface area contributed by atoms with Crippen LogP contribution in [0.3, 0.4) is 0 Å². The minimum absolute atomic E-state index is 0.0384. The van der Waals surface area contributed by atoms with Crippen molar-refractivity contribution in [2.24, 2.45) is 0 Å². The lowest BCUT2D eigenvalue weighted by Gasteiger charge is -2.34. The van der Waals surface area contributed by atoms with E-state index < -0.39 is 4.92 Å². The zero-order valence-corrected chi connectivity index (χ0v) is 13.2. The summed E-state index contributed by atoms with van der Waals surface area (Å²) in [4.78, 5) is 26.5. The van der Waals surface area contributed by atoms with Crippen LogP contribution in [0, 0.1) is 10.1 Å². The van der Waals surface area contributed by atoms with E-state index in [1.807, 2.05) is 6.92 Å². The molecule has 23 heavy (non-hydrogen) atoms. The number of carbonyl (C=O) groups is 1. The number of piperazine rings is 1. The number of benzene rings is 1. The number of nitro benzene ring substituents is 1. The highest BCUT2D eigenvalue weighted by Gasteiger charge is 2.21. The molecular weight excluding hydrogens is 300 g/mol. The second-order valence-corrected chi connectivity index (χ2v) is 5.26. The van der Waals surface area contributed by atoms with Gasteiger partial charge in [-0.25, -0.2) is 4.79 Å². The highest BCUT2D eigenvalue weighted by atomic mass is 16.6. The predicted molar refractivity (Wildman–Crippen MR) is 86.6 cm³/mol. The molecule has 8 heteroatoms. The number of nitrogens with zero attached hydrogens (tertiary/aromatic N) is 3. The molecule has 1 aromatic carbocycles. The summed E-state index contributed by atoms with van der Waals surface area (Å²) in [5.41, 5.74) is 0.395. The average molecular weight is 322 g/mol. The van der Waals surface area contributed by atoms with Crippen LogP contribution in [-0.2, 0) is 4.74 Å². The van der Waals surface area contributed by atoms with Crippen molar-refractivity contribution >= 4 is 17.4 Å². The molecule has 0 unspecified atom stereocenters. The van der Waals surface area contributed by atoms with Gasteiger partial charge in [-0.1, -0.05) is 6.07 Å². The van der Waals surface area contributed by atoms with Crippen molar-refractivity contribution in [3.63, 3.8) is 0 Å². The standard InChI is InChI=1S/C15H22N4O4/c1-2-23-11-10-17-6-8-18(9-7-17)15(20)16-13-4-3-5-14(12-13)19(21)22/h3-5,12H,2,6-11H2,1H3,(H,16,20). The second-order valence-electron chi connectivity index (χ2n) is 5.26. The average Bonchev–Trinajstić information content (AvgIpc) is 2.56. The first-order valence-corrected chi connectivity index (χ1v) is 7.70. The largest absolute Gasteiger partial charge is 0.380 e. The molecule has 0 spiro atoms. The first-order chi connectivity index (χ1) is 11.1. The first kappa shape index (κ1) is 17.2. The fourth-order valence-electron chi connectivity index (χ4n) is 2.41. The van der Waals surface area contributed by atoms with Gasteiger partial charge in [-0.2, -0.15) is 0 Å². The number of nitro groups is 1. The van der Waals surface area contributed by atoms with Crippen molar-refractivity contribution in [1.82, 2.24) is 9.80 Å². The lowest BCUT2D eigenvalue weighted by atomic mass is 10.3. The molecule has 1 aromatic rings. The van der Waals surface area contributed by atoms with Gasteiger partial charge in [0.15, 0.2) is 0 Å². The van der Waals surface area contributed by atoms with Crippen molar-refractivity contribution in [2.45, 2.75) is 6.92 Å². The van der Waals surface area contributed by atoms with Gasteiger partial charge in [0.25, 0.3) is 5.69 Å².